The topological polar surface area (TPSA) is 220 Å². The first kappa shape index (κ1) is 39.8. The zero-order valence-electron chi connectivity index (χ0n) is 30.9. The van der Waals surface area contributed by atoms with E-state index in [1.54, 1.807) is 4.68 Å². The minimum Gasteiger partial charge on any atom is -0.372 e. The maximum absolute atomic E-state index is 14.3. The number of piperidine rings is 1. The van der Waals surface area contributed by atoms with Gasteiger partial charge in [-0.2, -0.15) is 0 Å². The van der Waals surface area contributed by atoms with Gasteiger partial charge < -0.3 is 36.6 Å². The molecule has 0 spiro atoms. The van der Waals surface area contributed by atoms with Crippen LogP contribution in [0.15, 0.2) is 48.7 Å². The Balaban J connectivity index is 1.47. The molecular formula is C38H51N9O7. The Morgan fingerprint density at radius 2 is 1.76 bits per heavy atom. The molecule has 0 bridgehead atoms. The third-order valence-corrected chi connectivity index (χ3v) is 9.76. The second kappa shape index (κ2) is 19.1. The van der Waals surface area contributed by atoms with Crippen LogP contribution in [0.5, 0.6) is 0 Å². The van der Waals surface area contributed by atoms with Crippen molar-refractivity contribution >= 4 is 46.2 Å². The number of fused-ring (bicyclic) bond motifs is 3. The fourth-order valence-electron chi connectivity index (χ4n) is 6.89. The lowest BCUT2D eigenvalue weighted by Gasteiger charge is -2.35. The average Bonchev–Trinajstić information content (AvgIpc) is 3.60. The number of hydrogen-bond acceptors (Lipinski definition) is 9. The molecule has 16 nitrogen and oxygen atoms in total. The van der Waals surface area contributed by atoms with E-state index >= 15 is 0 Å². The summed E-state index contributed by atoms with van der Waals surface area (Å²) in [5.41, 5.74) is 7.02. The zero-order valence-corrected chi connectivity index (χ0v) is 30.9. The Kier molecular flexibility index (Phi) is 14.1. The number of primary amides is 1. The quantitative estimate of drug-likeness (QED) is 0.231. The minimum atomic E-state index is -1.29. The molecule has 6 N–H and O–H groups in total. The van der Waals surface area contributed by atoms with E-state index in [0.717, 1.165) is 16.3 Å². The third kappa shape index (κ3) is 10.8. The van der Waals surface area contributed by atoms with Crippen LogP contribution >= 0.6 is 0 Å². The predicted octanol–water partition coefficient (Wildman–Crippen LogP) is 0.858. The van der Waals surface area contributed by atoms with E-state index in [1.807, 2.05) is 56.3 Å². The van der Waals surface area contributed by atoms with Crippen molar-refractivity contribution in [2.24, 2.45) is 11.7 Å². The first-order valence-electron chi connectivity index (χ1n) is 18.7. The highest BCUT2D eigenvalue weighted by molar-refractivity contribution is 5.96. The molecule has 3 heterocycles. The summed E-state index contributed by atoms with van der Waals surface area (Å²) in [5.74, 6) is -3.23. The van der Waals surface area contributed by atoms with Gasteiger partial charge in [0.05, 0.1) is 31.6 Å². The van der Waals surface area contributed by atoms with Gasteiger partial charge in [-0.15, -0.1) is 5.10 Å². The normalized spacial score (nSPS) is 21.8. The number of ether oxygens (including phenoxy) is 1. The first-order valence-corrected chi connectivity index (χ1v) is 18.7. The zero-order chi connectivity index (χ0) is 38.6. The number of amides is 6. The molecular weight excluding hydrogens is 694 g/mol. The summed E-state index contributed by atoms with van der Waals surface area (Å²) in [7, 11) is 0. The molecule has 2 aliphatic rings. The average molecular weight is 746 g/mol. The number of carbonyl (C=O) groups excluding carboxylic acids is 6. The lowest BCUT2D eigenvalue weighted by molar-refractivity contribution is -0.143. The Bertz CT molecular complexity index is 1810. The van der Waals surface area contributed by atoms with Gasteiger partial charge in [0, 0.05) is 25.9 Å². The Labute approximate surface area is 314 Å². The second-order valence-electron chi connectivity index (χ2n) is 14.4. The van der Waals surface area contributed by atoms with Crippen LogP contribution in [-0.2, 0) is 53.1 Å². The molecule has 1 saturated heterocycles. The number of rotatable bonds is 7. The molecule has 6 amide bonds. The lowest BCUT2D eigenvalue weighted by Crippen LogP contribution is -2.60. The molecule has 2 aliphatic heterocycles. The van der Waals surface area contributed by atoms with Crippen LogP contribution in [0.2, 0.25) is 0 Å². The molecule has 0 radical (unpaired) electrons. The number of benzene rings is 2. The summed E-state index contributed by atoms with van der Waals surface area (Å²) in [6.45, 7) is 3.99. The van der Waals surface area contributed by atoms with Crippen molar-refractivity contribution in [1.29, 1.82) is 0 Å². The molecule has 1 fully saturated rings. The highest BCUT2D eigenvalue weighted by Crippen LogP contribution is 2.22. The van der Waals surface area contributed by atoms with E-state index in [1.165, 1.54) is 11.1 Å². The largest absolute Gasteiger partial charge is 0.372 e. The maximum atomic E-state index is 14.3. The van der Waals surface area contributed by atoms with Gasteiger partial charge in [-0.3, -0.25) is 28.8 Å². The molecule has 4 atom stereocenters. The van der Waals surface area contributed by atoms with Gasteiger partial charge in [-0.05, 0) is 60.8 Å². The van der Waals surface area contributed by atoms with Gasteiger partial charge >= 0.3 is 0 Å². The standard InChI is InChI=1S/C38H51N9O7/c1-24(2)18-29(35(39)50)42-37(52)31-23-54-22-27-20-41-45-47(27)17-8-6-15-33(48)40-21-34(49)46-16-7-5-14-32(46)38(53)43-30(36(51)44-31)19-26-12-9-11-25-10-3-4-13-28(25)26/h3-4,9-13,20,24,29-32H,5-8,14-19,21-23H2,1-2H3,(H2,39,50)(H,40,48)(H,42,52)(H,43,53)(H,44,51)/t29-,30-,31-,32-/m0/s1. The van der Waals surface area contributed by atoms with E-state index in [0.29, 0.717) is 50.9 Å². The van der Waals surface area contributed by atoms with Gasteiger partial charge in [-0.1, -0.05) is 61.5 Å². The third-order valence-electron chi connectivity index (χ3n) is 9.76. The number of aryl methyl sites for hydroxylation is 1. The molecule has 290 valence electrons. The fourth-order valence-corrected chi connectivity index (χ4v) is 6.89. The van der Waals surface area contributed by atoms with Crippen molar-refractivity contribution in [3.05, 3.63) is 59.9 Å². The van der Waals surface area contributed by atoms with Crippen molar-refractivity contribution in [3.63, 3.8) is 0 Å². The summed E-state index contributed by atoms with van der Waals surface area (Å²) in [6, 6.07) is 9.02. The number of nitrogens with zero attached hydrogens (tertiary/aromatic N) is 4. The predicted molar refractivity (Wildman–Crippen MR) is 198 cm³/mol. The Morgan fingerprint density at radius 1 is 0.981 bits per heavy atom. The lowest BCUT2D eigenvalue weighted by atomic mass is 9.97. The number of hydrogen-bond donors (Lipinski definition) is 5. The molecule has 5 rings (SSSR count). The number of nitrogens with two attached hydrogens (primary N) is 1. The number of aromatic nitrogens is 3. The summed E-state index contributed by atoms with van der Waals surface area (Å²) < 4.78 is 7.60. The van der Waals surface area contributed by atoms with Crippen LogP contribution < -0.4 is 27.0 Å². The van der Waals surface area contributed by atoms with Gasteiger partial charge in [-0.25, -0.2) is 4.68 Å². The smallest absolute Gasteiger partial charge is 0.245 e. The molecule has 3 aromatic rings. The van der Waals surface area contributed by atoms with Crippen LogP contribution in [0, 0.1) is 5.92 Å². The summed E-state index contributed by atoms with van der Waals surface area (Å²) in [4.78, 5) is 82.0. The van der Waals surface area contributed by atoms with Crippen LogP contribution in [-0.4, -0.2) is 99.2 Å². The highest BCUT2D eigenvalue weighted by atomic mass is 16.5. The van der Waals surface area contributed by atoms with Gasteiger partial charge in [0.25, 0.3) is 0 Å². The van der Waals surface area contributed by atoms with Crippen LogP contribution in [0.3, 0.4) is 0 Å². The van der Waals surface area contributed by atoms with Crippen molar-refractivity contribution in [2.45, 2.75) is 103 Å². The summed E-state index contributed by atoms with van der Waals surface area (Å²) >= 11 is 0. The molecule has 1 aromatic heterocycles. The monoisotopic (exact) mass is 745 g/mol. The van der Waals surface area contributed by atoms with Crippen molar-refractivity contribution in [3.8, 4) is 0 Å². The summed E-state index contributed by atoms with van der Waals surface area (Å²) in [5, 5.41) is 21.0. The van der Waals surface area contributed by atoms with Crippen molar-refractivity contribution in [1.82, 2.24) is 41.2 Å². The Hall–Kier alpha value is -5.38. The molecule has 0 saturated carbocycles. The molecule has 16 heteroatoms. The SMILES string of the molecule is CC(C)C[C@H](NC(=O)[C@@H]1COCc2cnnn2CCCCC(=O)NCC(=O)N2CCCC[C@H]2C(=O)N[C@@H](Cc2cccc3ccccc23)C(=O)N1)C(N)=O. The van der Waals surface area contributed by atoms with E-state index in [4.69, 9.17) is 10.5 Å². The van der Waals surface area contributed by atoms with Gasteiger partial charge in [0.15, 0.2) is 0 Å². The molecule has 2 aromatic carbocycles. The second-order valence-corrected chi connectivity index (χ2v) is 14.4. The van der Waals surface area contributed by atoms with Crippen molar-refractivity contribution < 1.29 is 33.5 Å². The number of carbonyl (C=O) groups is 6. The van der Waals surface area contributed by atoms with E-state index in [2.05, 4.69) is 31.6 Å². The summed E-state index contributed by atoms with van der Waals surface area (Å²) in [6.07, 6.45) is 4.94. The Morgan fingerprint density at radius 3 is 2.56 bits per heavy atom. The molecule has 0 unspecified atom stereocenters. The van der Waals surface area contributed by atoms with E-state index in [9.17, 15) is 28.8 Å². The van der Waals surface area contributed by atoms with Gasteiger partial charge in [0.1, 0.15) is 24.2 Å². The van der Waals surface area contributed by atoms with Crippen LogP contribution in [0.25, 0.3) is 10.8 Å². The van der Waals surface area contributed by atoms with E-state index < -0.39 is 53.7 Å². The van der Waals surface area contributed by atoms with Crippen LogP contribution in [0.4, 0.5) is 0 Å². The fraction of sp³-hybridized carbons (Fsp3) is 0.526. The first-order chi connectivity index (χ1) is 26.0. The molecule has 54 heavy (non-hydrogen) atoms. The van der Waals surface area contributed by atoms with Crippen molar-refractivity contribution in [2.75, 3.05) is 19.7 Å². The van der Waals surface area contributed by atoms with Crippen LogP contribution in [0.1, 0.15) is 70.1 Å². The molecule has 0 aliphatic carbocycles. The van der Waals surface area contributed by atoms with Gasteiger partial charge in [0.2, 0.25) is 35.4 Å². The number of nitrogens with one attached hydrogen (secondary N) is 4. The highest BCUT2D eigenvalue weighted by Gasteiger charge is 2.36. The van der Waals surface area contributed by atoms with E-state index in [-0.39, 0.29) is 50.8 Å². The minimum absolute atomic E-state index is 0.00578. The maximum Gasteiger partial charge on any atom is 0.245 e.